The summed E-state index contributed by atoms with van der Waals surface area (Å²) in [5.41, 5.74) is 7.92. The maximum atomic E-state index is 12.4. The van der Waals surface area contributed by atoms with E-state index in [1.807, 2.05) is 19.1 Å². The summed E-state index contributed by atoms with van der Waals surface area (Å²) in [6.45, 7) is 1.83. The Morgan fingerprint density at radius 1 is 1.48 bits per heavy atom. The predicted octanol–water partition coefficient (Wildman–Crippen LogP) is 3.43. The highest BCUT2D eigenvalue weighted by Crippen LogP contribution is 2.38. The van der Waals surface area contributed by atoms with Gasteiger partial charge in [-0.25, -0.2) is 0 Å². The number of aromatic nitrogens is 2. The molecule has 7 heteroatoms. The largest absolute Gasteiger partial charge is 0.397 e. The van der Waals surface area contributed by atoms with Crippen molar-refractivity contribution in [3.8, 4) is 0 Å². The second kappa shape index (κ2) is 5.05. The summed E-state index contributed by atoms with van der Waals surface area (Å²) in [7, 11) is 1.80. The lowest BCUT2D eigenvalue weighted by molar-refractivity contribution is 0.103. The van der Waals surface area contributed by atoms with Crippen molar-refractivity contribution in [2.24, 2.45) is 7.05 Å². The summed E-state index contributed by atoms with van der Waals surface area (Å²) in [6, 6.07) is 5.50. The van der Waals surface area contributed by atoms with Gasteiger partial charge < -0.3 is 11.1 Å². The summed E-state index contributed by atoms with van der Waals surface area (Å²) in [5, 5.41) is 8.31. The van der Waals surface area contributed by atoms with Crippen molar-refractivity contribution >= 4 is 50.3 Å². The SMILES string of the molecule is Cc1nn(C)cc1NC(=O)c1sc2cccc(Cl)c2c1N. The topological polar surface area (TPSA) is 72.9 Å². The van der Waals surface area contributed by atoms with Crippen molar-refractivity contribution in [3.05, 3.63) is 40.0 Å². The van der Waals surface area contributed by atoms with Gasteiger partial charge in [-0.1, -0.05) is 17.7 Å². The van der Waals surface area contributed by atoms with E-state index in [2.05, 4.69) is 10.4 Å². The maximum Gasteiger partial charge on any atom is 0.267 e. The number of aryl methyl sites for hydroxylation is 2. The van der Waals surface area contributed by atoms with Crippen LogP contribution in [0.15, 0.2) is 24.4 Å². The fraction of sp³-hybridized carbons (Fsp3) is 0.143. The fourth-order valence-electron chi connectivity index (χ4n) is 2.20. The zero-order chi connectivity index (χ0) is 15.1. The fourth-order valence-corrected chi connectivity index (χ4v) is 3.58. The number of thiophene rings is 1. The Bertz CT molecular complexity index is 852. The van der Waals surface area contributed by atoms with Crippen molar-refractivity contribution in [1.82, 2.24) is 9.78 Å². The molecule has 0 unspecified atom stereocenters. The zero-order valence-corrected chi connectivity index (χ0v) is 13.0. The monoisotopic (exact) mass is 320 g/mol. The molecule has 0 spiro atoms. The van der Waals surface area contributed by atoms with Gasteiger partial charge in [0.1, 0.15) is 4.88 Å². The standard InChI is InChI=1S/C14H13ClN4OS/c1-7-9(6-19(2)18-7)17-14(20)13-12(16)11-8(15)4-3-5-10(11)21-13/h3-6H,16H2,1-2H3,(H,17,20). The van der Waals surface area contributed by atoms with Crippen LogP contribution in [0.4, 0.5) is 11.4 Å². The van der Waals surface area contributed by atoms with E-state index in [4.69, 9.17) is 17.3 Å². The Balaban J connectivity index is 2.00. The molecular weight excluding hydrogens is 308 g/mol. The summed E-state index contributed by atoms with van der Waals surface area (Å²) in [4.78, 5) is 12.9. The number of nitrogens with zero attached hydrogens (tertiary/aromatic N) is 2. The molecule has 3 aromatic rings. The van der Waals surface area contributed by atoms with Gasteiger partial charge in [0.2, 0.25) is 0 Å². The number of hydrogen-bond acceptors (Lipinski definition) is 4. The molecule has 0 bridgehead atoms. The number of nitrogen functional groups attached to an aromatic ring is 1. The van der Waals surface area contributed by atoms with Gasteiger partial charge in [0, 0.05) is 23.3 Å². The first-order valence-electron chi connectivity index (χ1n) is 6.25. The van der Waals surface area contributed by atoms with Gasteiger partial charge in [-0.2, -0.15) is 5.10 Å². The Hall–Kier alpha value is -2.05. The molecule has 3 N–H and O–H groups in total. The molecule has 3 rings (SSSR count). The lowest BCUT2D eigenvalue weighted by Crippen LogP contribution is -2.12. The van der Waals surface area contributed by atoms with Crippen molar-refractivity contribution < 1.29 is 4.79 Å². The number of halogens is 1. The predicted molar refractivity (Wildman–Crippen MR) is 87.1 cm³/mol. The van der Waals surface area contributed by atoms with E-state index in [0.29, 0.717) is 21.3 Å². The van der Waals surface area contributed by atoms with Crippen molar-refractivity contribution in [1.29, 1.82) is 0 Å². The quantitative estimate of drug-likeness (QED) is 0.759. The number of benzene rings is 1. The minimum atomic E-state index is -0.249. The molecule has 0 atom stereocenters. The highest BCUT2D eigenvalue weighted by molar-refractivity contribution is 7.21. The van der Waals surface area contributed by atoms with E-state index in [-0.39, 0.29) is 5.91 Å². The first kappa shape index (κ1) is 13.9. The Labute approximate surface area is 130 Å². The molecule has 1 aromatic carbocycles. The molecule has 0 radical (unpaired) electrons. The van der Waals surface area contributed by atoms with Crippen molar-refractivity contribution in [2.75, 3.05) is 11.1 Å². The minimum Gasteiger partial charge on any atom is -0.397 e. The number of anilines is 2. The number of carbonyl (C=O) groups excluding carboxylic acids is 1. The highest BCUT2D eigenvalue weighted by Gasteiger charge is 2.19. The summed E-state index contributed by atoms with van der Waals surface area (Å²) in [5.74, 6) is -0.249. The van der Waals surface area contributed by atoms with Crippen molar-refractivity contribution in [2.45, 2.75) is 6.92 Å². The van der Waals surface area contributed by atoms with E-state index in [1.54, 1.807) is 24.0 Å². The molecule has 2 aromatic heterocycles. The van der Waals surface area contributed by atoms with E-state index < -0.39 is 0 Å². The van der Waals surface area contributed by atoms with E-state index in [0.717, 1.165) is 15.8 Å². The van der Waals surface area contributed by atoms with Gasteiger partial charge in [-0.15, -0.1) is 11.3 Å². The Kier molecular flexibility index (Phi) is 3.35. The molecule has 0 saturated heterocycles. The molecule has 1 amide bonds. The van der Waals surface area contributed by atoms with E-state index in [9.17, 15) is 4.79 Å². The van der Waals surface area contributed by atoms with Crippen LogP contribution >= 0.6 is 22.9 Å². The average molecular weight is 321 g/mol. The number of carbonyl (C=O) groups is 1. The van der Waals surface area contributed by atoms with Crippen LogP contribution in [0, 0.1) is 6.92 Å². The number of hydrogen-bond donors (Lipinski definition) is 2. The lowest BCUT2D eigenvalue weighted by atomic mass is 10.2. The molecule has 108 valence electrons. The first-order chi connectivity index (χ1) is 9.97. The van der Waals surface area contributed by atoms with Gasteiger partial charge in [-0.05, 0) is 19.1 Å². The van der Waals surface area contributed by atoms with Crippen LogP contribution in [0.1, 0.15) is 15.4 Å². The van der Waals surface area contributed by atoms with Gasteiger partial charge in [0.15, 0.2) is 0 Å². The average Bonchev–Trinajstić information content (AvgIpc) is 2.91. The van der Waals surface area contributed by atoms with Gasteiger partial charge >= 0.3 is 0 Å². The number of fused-ring (bicyclic) bond motifs is 1. The summed E-state index contributed by atoms with van der Waals surface area (Å²) >= 11 is 7.48. The third-order valence-electron chi connectivity index (χ3n) is 3.17. The van der Waals surface area contributed by atoms with Gasteiger partial charge in [-0.3, -0.25) is 9.48 Å². The second-order valence-corrected chi connectivity index (χ2v) is 6.17. The highest BCUT2D eigenvalue weighted by atomic mass is 35.5. The molecule has 0 aliphatic carbocycles. The van der Waals surface area contributed by atoms with Gasteiger partial charge in [0.25, 0.3) is 5.91 Å². The van der Waals surface area contributed by atoms with E-state index >= 15 is 0 Å². The molecule has 5 nitrogen and oxygen atoms in total. The normalized spacial score (nSPS) is 11.0. The zero-order valence-electron chi connectivity index (χ0n) is 11.5. The van der Waals surface area contributed by atoms with Crippen LogP contribution < -0.4 is 11.1 Å². The number of rotatable bonds is 2. The Morgan fingerprint density at radius 2 is 2.24 bits per heavy atom. The summed E-state index contributed by atoms with van der Waals surface area (Å²) in [6.07, 6.45) is 1.75. The second-order valence-electron chi connectivity index (χ2n) is 4.71. The third-order valence-corrected chi connectivity index (χ3v) is 4.65. The molecule has 2 heterocycles. The summed E-state index contributed by atoms with van der Waals surface area (Å²) < 4.78 is 2.55. The van der Waals surface area contributed by atoms with Crippen LogP contribution in [0.5, 0.6) is 0 Å². The van der Waals surface area contributed by atoms with Crippen LogP contribution in [-0.4, -0.2) is 15.7 Å². The van der Waals surface area contributed by atoms with Gasteiger partial charge in [0.05, 0.1) is 22.1 Å². The third kappa shape index (κ3) is 2.36. The number of nitrogens with two attached hydrogens (primary N) is 1. The molecule has 0 aliphatic heterocycles. The minimum absolute atomic E-state index is 0.249. The van der Waals surface area contributed by atoms with Crippen LogP contribution in [0.2, 0.25) is 5.02 Å². The lowest BCUT2D eigenvalue weighted by Gasteiger charge is -2.02. The number of nitrogens with one attached hydrogen (secondary N) is 1. The molecule has 0 saturated carbocycles. The van der Waals surface area contributed by atoms with Crippen LogP contribution in [-0.2, 0) is 7.05 Å². The molecule has 21 heavy (non-hydrogen) atoms. The maximum absolute atomic E-state index is 12.4. The molecule has 0 fully saturated rings. The number of amides is 1. The smallest absolute Gasteiger partial charge is 0.267 e. The van der Waals surface area contributed by atoms with Crippen LogP contribution in [0.25, 0.3) is 10.1 Å². The molecule has 0 aliphatic rings. The van der Waals surface area contributed by atoms with Crippen LogP contribution in [0.3, 0.4) is 0 Å². The van der Waals surface area contributed by atoms with Crippen molar-refractivity contribution in [3.63, 3.8) is 0 Å². The molecular formula is C14H13ClN4OS. The Morgan fingerprint density at radius 3 is 2.86 bits per heavy atom. The first-order valence-corrected chi connectivity index (χ1v) is 7.45. The van der Waals surface area contributed by atoms with E-state index in [1.165, 1.54) is 11.3 Å².